The van der Waals surface area contributed by atoms with E-state index in [0.29, 0.717) is 0 Å². The Hall–Kier alpha value is -2.75. The van der Waals surface area contributed by atoms with Gasteiger partial charge < -0.3 is 20.1 Å². The number of benzene rings is 1. The Morgan fingerprint density at radius 2 is 2.18 bits per heavy atom. The number of alkyl halides is 3. The average Bonchev–Trinajstić information content (AvgIpc) is 3.17. The van der Waals surface area contributed by atoms with E-state index in [1.54, 1.807) is 16.9 Å². The first-order chi connectivity index (χ1) is 13.4. The Morgan fingerprint density at radius 1 is 1.36 bits per heavy atom. The van der Waals surface area contributed by atoms with Crippen LogP contribution in [-0.4, -0.2) is 48.7 Å². The summed E-state index contributed by atoms with van der Waals surface area (Å²) in [5.74, 6) is -0.442. The number of amides is 1. The highest BCUT2D eigenvalue weighted by Gasteiger charge is 2.29. The summed E-state index contributed by atoms with van der Waals surface area (Å²) in [4.78, 5) is 12.4. The third-order valence-electron chi connectivity index (χ3n) is 4.30. The fourth-order valence-electron chi connectivity index (χ4n) is 2.94. The van der Waals surface area contributed by atoms with Gasteiger partial charge in [-0.05, 0) is 37.6 Å². The van der Waals surface area contributed by atoms with Crippen molar-refractivity contribution in [1.82, 2.24) is 15.1 Å². The van der Waals surface area contributed by atoms with Crippen LogP contribution in [0.3, 0.4) is 0 Å². The number of rotatable bonds is 6. The highest BCUT2D eigenvalue weighted by atomic mass is 19.4. The number of halogens is 3. The number of methoxy groups -OCH3 is 1. The average molecular weight is 398 g/mol. The van der Waals surface area contributed by atoms with Crippen LogP contribution in [0.4, 0.5) is 18.9 Å². The van der Waals surface area contributed by atoms with E-state index in [-0.39, 0.29) is 28.9 Å². The largest absolute Gasteiger partial charge is 0.493 e. The van der Waals surface area contributed by atoms with Gasteiger partial charge in [0, 0.05) is 24.5 Å². The Bertz CT molecular complexity index is 817. The van der Waals surface area contributed by atoms with Gasteiger partial charge in [0.25, 0.3) is 5.91 Å². The zero-order chi connectivity index (χ0) is 20.1. The number of carbonyl (C=O) groups is 1. The van der Waals surface area contributed by atoms with E-state index in [4.69, 9.17) is 9.47 Å². The molecule has 1 atom stereocenters. The van der Waals surface area contributed by atoms with Crippen molar-refractivity contribution < 1.29 is 27.4 Å². The van der Waals surface area contributed by atoms with E-state index in [0.717, 1.165) is 25.9 Å². The van der Waals surface area contributed by atoms with Crippen LogP contribution in [0.1, 0.15) is 29.4 Å². The monoisotopic (exact) mass is 398 g/mol. The molecule has 7 nitrogen and oxygen atoms in total. The second kappa shape index (κ2) is 8.51. The Morgan fingerprint density at radius 3 is 2.86 bits per heavy atom. The number of carbonyl (C=O) groups excluding carboxylic acids is 1. The van der Waals surface area contributed by atoms with Crippen LogP contribution in [0.2, 0.25) is 0 Å². The van der Waals surface area contributed by atoms with Gasteiger partial charge in [-0.25, -0.2) is 0 Å². The van der Waals surface area contributed by atoms with Crippen LogP contribution in [0.25, 0.3) is 0 Å². The topological polar surface area (TPSA) is 77.4 Å². The van der Waals surface area contributed by atoms with E-state index < -0.39 is 18.7 Å². The predicted molar refractivity (Wildman–Crippen MR) is 95.9 cm³/mol. The smallest absolute Gasteiger partial charge is 0.422 e. The van der Waals surface area contributed by atoms with Crippen molar-refractivity contribution in [3.05, 3.63) is 36.2 Å². The molecule has 2 aromatic rings. The summed E-state index contributed by atoms with van der Waals surface area (Å²) in [7, 11) is 1.32. The molecule has 1 saturated heterocycles. The van der Waals surface area contributed by atoms with Gasteiger partial charge >= 0.3 is 6.18 Å². The van der Waals surface area contributed by atoms with E-state index in [2.05, 4.69) is 15.7 Å². The molecule has 1 fully saturated rings. The third kappa shape index (κ3) is 5.16. The first-order valence-electron chi connectivity index (χ1n) is 8.80. The summed E-state index contributed by atoms with van der Waals surface area (Å²) in [5, 5.41) is 10.2. The van der Waals surface area contributed by atoms with Crippen molar-refractivity contribution in [2.75, 3.05) is 32.1 Å². The SMILES string of the molecule is COc1ccc(NC(=O)c2ccn(C3CCCNC3)n2)cc1OCC(F)(F)F. The summed E-state index contributed by atoms with van der Waals surface area (Å²) in [6, 6.07) is 6.02. The molecule has 0 bridgehead atoms. The third-order valence-corrected chi connectivity index (χ3v) is 4.30. The van der Waals surface area contributed by atoms with Gasteiger partial charge in [-0.15, -0.1) is 0 Å². The Labute approximate surface area is 159 Å². The maximum absolute atomic E-state index is 12.4. The molecule has 1 aliphatic heterocycles. The van der Waals surface area contributed by atoms with E-state index in [1.165, 1.54) is 25.3 Å². The van der Waals surface area contributed by atoms with Crippen molar-refractivity contribution >= 4 is 11.6 Å². The highest BCUT2D eigenvalue weighted by Crippen LogP contribution is 2.31. The fraction of sp³-hybridized carbons (Fsp3) is 0.444. The summed E-state index contributed by atoms with van der Waals surface area (Å²) in [5.41, 5.74) is 0.496. The molecule has 1 unspecified atom stereocenters. The summed E-state index contributed by atoms with van der Waals surface area (Å²) < 4.78 is 48.8. The van der Waals surface area contributed by atoms with E-state index in [1.807, 2.05) is 0 Å². The van der Waals surface area contributed by atoms with Crippen molar-refractivity contribution in [2.24, 2.45) is 0 Å². The van der Waals surface area contributed by atoms with Crippen molar-refractivity contribution in [1.29, 1.82) is 0 Å². The van der Waals surface area contributed by atoms with E-state index >= 15 is 0 Å². The van der Waals surface area contributed by atoms with Crippen LogP contribution in [0, 0.1) is 0 Å². The molecule has 0 saturated carbocycles. The number of nitrogens with one attached hydrogen (secondary N) is 2. The highest BCUT2D eigenvalue weighted by molar-refractivity contribution is 6.02. The molecule has 10 heteroatoms. The lowest BCUT2D eigenvalue weighted by molar-refractivity contribution is -0.153. The molecule has 0 radical (unpaired) electrons. The number of hydrogen-bond donors (Lipinski definition) is 2. The summed E-state index contributed by atoms with van der Waals surface area (Å²) >= 11 is 0. The van der Waals surface area contributed by atoms with Gasteiger partial charge in [-0.3, -0.25) is 9.48 Å². The number of nitrogens with zero attached hydrogens (tertiary/aromatic N) is 2. The number of ether oxygens (including phenoxy) is 2. The first-order valence-corrected chi connectivity index (χ1v) is 8.80. The molecule has 2 heterocycles. The minimum Gasteiger partial charge on any atom is -0.493 e. The molecule has 28 heavy (non-hydrogen) atoms. The number of anilines is 1. The molecule has 1 aromatic heterocycles. The van der Waals surface area contributed by atoms with Crippen molar-refractivity contribution in [3.63, 3.8) is 0 Å². The second-order valence-corrected chi connectivity index (χ2v) is 6.40. The number of aromatic nitrogens is 2. The lowest BCUT2D eigenvalue weighted by Gasteiger charge is -2.22. The van der Waals surface area contributed by atoms with E-state index in [9.17, 15) is 18.0 Å². The Kier molecular flexibility index (Phi) is 6.08. The first kappa shape index (κ1) is 20.0. The van der Waals surface area contributed by atoms with Crippen molar-refractivity contribution in [3.8, 4) is 11.5 Å². The number of hydrogen-bond acceptors (Lipinski definition) is 5. The van der Waals surface area contributed by atoms with Crippen LogP contribution in [0.5, 0.6) is 11.5 Å². The van der Waals surface area contributed by atoms with Gasteiger partial charge in [-0.1, -0.05) is 0 Å². The number of piperidine rings is 1. The standard InChI is InChI=1S/C18H21F3N4O3/c1-27-15-5-4-12(9-16(15)28-11-18(19,20)21)23-17(26)14-6-8-25(24-14)13-3-2-7-22-10-13/h4-6,8-9,13,22H,2-3,7,10-11H2,1H3,(H,23,26). The lowest BCUT2D eigenvalue weighted by atomic mass is 10.1. The molecule has 0 spiro atoms. The van der Waals surface area contributed by atoms with Crippen LogP contribution in [-0.2, 0) is 0 Å². The van der Waals surface area contributed by atoms with Crippen LogP contribution in [0.15, 0.2) is 30.5 Å². The molecular formula is C18H21F3N4O3. The summed E-state index contributed by atoms with van der Waals surface area (Å²) in [6.07, 6.45) is -0.712. The van der Waals surface area contributed by atoms with Crippen LogP contribution < -0.4 is 20.1 Å². The van der Waals surface area contributed by atoms with Gasteiger partial charge in [-0.2, -0.15) is 18.3 Å². The molecule has 1 aliphatic rings. The lowest BCUT2D eigenvalue weighted by Crippen LogP contribution is -2.32. The molecule has 1 amide bonds. The molecule has 0 aliphatic carbocycles. The minimum absolute atomic E-state index is 0.114. The van der Waals surface area contributed by atoms with Gasteiger partial charge in [0.2, 0.25) is 0 Å². The molecule has 1 aromatic carbocycles. The van der Waals surface area contributed by atoms with Gasteiger partial charge in [0.05, 0.1) is 13.2 Å². The predicted octanol–water partition coefficient (Wildman–Crippen LogP) is 3.01. The van der Waals surface area contributed by atoms with Gasteiger partial charge in [0.15, 0.2) is 23.8 Å². The quantitative estimate of drug-likeness (QED) is 0.782. The molecule has 152 valence electrons. The zero-order valence-corrected chi connectivity index (χ0v) is 15.3. The maximum atomic E-state index is 12.4. The second-order valence-electron chi connectivity index (χ2n) is 6.40. The maximum Gasteiger partial charge on any atom is 0.422 e. The minimum atomic E-state index is -4.48. The van der Waals surface area contributed by atoms with Crippen LogP contribution >= 0.6 is 0 Å². The zero-order valence-electron chi connectivity index (χ0n) is 15.3. The summed E-state index contributed by atoms with van der Waals surface area (Å²) in [6.45, 7) is 0.309. The molecular weight excluding hydrogens is 377 g/mol. The Balaban J connectivity index is 1.68. The molecule has 2 N–H and O–H groups in total. The normalized spacial score (nSPS) is 17.2. The molecule has 3 rings (SSSR count). The van der Waals surface area contributed by atoms with Gasteiger partial charge in [0.1, 0.15) is 0 Å². The van der Waals surface area contributed by atoms with Crippen molar-refractivity contribution in [2.45, 2.75) is 25.1 Å². The fourth-order valence-corrected chi connectivity index (χ4v) is 2.94.